The number of thioether (sulfide) groups is 1. The number of halogens is 1. The third kappa shape index (κ3) is 2.33. The number of carbonyl (C=O) groups excluding carboxylic acids is 2. The van der Waals surface area contributed by atoms with Gasteiger partial charge in [0.2, 0.25) is 0 Å². The van der Waals surface area contributed by atoms with E-state index in [0.29, 0.717) is 22.8 Å². The molecule has 0 bridgehead atoms. The van der Waals surface area contributed by atoms with Crippen molar-refractivity contribution < 1.29 is 9.59 Å². The number of anilines is 1. The molecule has 0 aliphatic carbocycles. The zero-order chi connectivity index (χ0) is 12.4. The van der Waals surface area contributed by atoms with Crippen LogP contribution < -0.4 is 4.90 Å². The maximum absolute atomic E-state index is 11.8. The highest BCUT2D eigenvalue weighted by molar-refractivity contribution is 7.99. The fourth-order valence-corrected chi connectivity index (χ4v) is 2.57. The standard InChI is InChI=1S/C12H12ClNO2S/c1-2-17-6-5-14-10-4-3-8(13)7-9(10)11(15)12(14)16/h3-4,7H,2,5-6H2,1H3. The van der Waals surface area contributed by atoms with Crippen LogP contribution in [-0.2, 0) is 4.79 Å². The first-order valence-corrected chi connectivity index (χ1v) is 6.92. The molecule has 0 saturated heterocycles. The lowest BCUT2D eigenvalue weighted by Gasteiger charge is -2.15. The lowest BCUT2D eigenvalue weighted by atomic mass is 10.1. The number of Topliss-reactive ketones (excluding diaryl/α,β-unsaturated/α-hetero) is 1. The van der Waals surface area contributed by atoms with Gasteiger partial charge in [0.25, 0.3) is 11.7 Å². The van der Waals surface area contributed by atoms with Crippen LogP contribution in [0, 0.1) is 0 Å². The summed E-state index contributed by atoms with van der Waals surface area (Å²) in [7, 11) is 0. The molecule has 2 rings (SSSR count). The average Bonchev–Trinajstić information content (AvgIpc) is 2.54. The van der Waals surface area contributed by atoms with Crippen LogP contribution in [0.4, 0.5) is 5.69 Å². The zero-order valence-electron chi connectivity index (χ0n) is 9.40. The summed E-state index contributed by atoms with van der Waals surface area (Å²) < 4.78 is 0. The van der Waals surface area contributed by atoms with Crippen molar-refractivity contribution in [2.75, 3.05) is 23.0 Å². The number of nitrogens with zero attached hydrogens (tertiary/aromatic N) is 1. The van der Waals surface area contributed by atoms with Gasteiger partial charge < -0.3 is 4.90 Å². The monoisotopic (exact) mass is 269 g/mol. The molecule has 3 nitrogen and oxygen atoms in total. The second-order valence-electron chi connectivity index (χ2n) is 3.64. The van der Waals surface area contributed by atoms with Gasteiger partial charge in [-0.1, -0.05) is 18.5 Å². The van der Waals surface area contributed by atoms with E-state index < -0.39 is 11.7 Å². The lowest BCUT2D eigenvalue weighted by molar-refractivity contribution is -0.114. The van der Waals surface area contributed by atoms with Gasteiger partial charge >= 0.3 is 0 Å². The smallest absolute Gasteiger partial charge is 0.299 e. The van der Waals surface area contributed by atoms with Gasteiger partial charge in [-0.3, -0.25) is 9.59 Å². The first kappa shape index (κ1) is 12.5. The number of rotatable bonds is 4. The maximum atomic E-state index is 11.8. The quantitative estimate of drug-likeness (QED) is 0.623. The fourth-order valence-electron chi connectivity index (χ4n) is 1.79. The van der Waals surface area contributed by atoms with Crippen LogP contribution in [0.15, 0.2) is 18.2 Å². The summed E-state index contributed by atoms with van der Waals surface area (Å²) in [5.41, 5.74) is 1.10. The Labute approximate surface area is 109 Å². The molecule has 1 amide bonds. The Kier molecular flexibility index (Phi) is 3.74. The van der Waals surface area contributed by atoms with E-state index in [1.807, 2.05) is 0 Å². The van der Waals surface area contributed by atoms with Gasteiger partial charge in [-0.25, -0.2) is 0 Å². The van der Waals surface area contributed by atoms with Gasteiger partial charge in [-0.05, 0) is 24.0 Å². The Balaban J connectivity index is 2.25. The molecule has 0 radical (unpaired) electrons. The molecule has 0 atom stereocenters. The molecule has 1 aliphatic heterocycles. The van der Waals surface area contributed by atoms with Crippen LogP contribution in [-0.4, -0.2) is 29.7 Å². The molecule has 0 saturated carbocycles. The summed E-state index contributed by atoms with van der Waals surface area (Å²) in [6, 6.07) is 4.99. The summed E-state index contributed by atoms with van der Waals surface area (Å²) in [5, 5.41) is 0.481. The first-order chi connectivity index (χ1) is 8.15. The SMILES string of the molecule is CCSCCN1C(=O)C(=O)c2cc(Cl)ccc21. The number of benzene rings is 1. The minimum atomic E-state index is -0.455. The lowest BCUT2D eigenvalue weighted by Crippen LogP contribution is -2.31. The molecule has 0 fully saturated rings. The molecule has 1 aliphatic rings. The summed E-state index contributed by atoms with van der Waals surface area (Å²) in [5.74, 6) is 0.934. The summed E-state index contributed by atoms with van der Waals surface area (Å²) in [6.45, 7) is 2.63. The predicted molar refractivity (Wildman–Crippen MR) is 71.1 cm³/mol. The van der Waals surface area contributed by atoms with Gasteiger partial charge in [0.15, 0.2) is 0 Å². The fraction of sp³-hybridized carbons (Fsp3) is 0.333. The topological polar surface area (TPSA) is 37.4 Å². The maximum Gasteiger partial charge on any atom is 0.299 e. The number of fused-ring (bicyclic) bond motifs is 1. The van der Waals surface area contributed by atoms with Crippen molar-refractivity contribution in [1.82, 2.24) is 0 Å². The normalized spacial score (nSPS) is 14.4. The van der Waals surface area contributed by atoms with E-state index in [2.05, 4.69) is 6.92 Å². The first-order valence-electron chi connectivity index (χ1n) is 5.38. The molecule has 17 heavy (non-hydrogen) atoms. The molecule has 1 aromatic rings. The molecule has 90 valence electrons. The highest BCUT2D eigenvalue weighted by Gasteiger charge is 2.35. The van der Waals surface area contributed by atoms with E-state index in [0.717, 1.165) is 11.5 Å². The van der Waals surface area contributed by atoms with E-state index >= 15 is 0 Å². The minimum absolute atomic E-state index is 0.420. The third-order valence-corrected chi connectivity index (χ3v) is 3.71. The third-order valence-electron chi connectivity index (χ3n) is 2.60. The summed E-state index contributed by atoms with van der Waals surface area (Å²) in [6.07, 6.45) is 0. The number of carbonyl (C=O) groups is 2. The highest BCUT2D eigenvalue weighted by atomic mass is 35.5. The van der Waals surface area contributed by atoms with Crippen LogP contribution in [0.2, 0.25) is 5.02 Å². The van der Waals surface area contributed by atoms with Crippen molar-refractivity contribution in [2.24, 2.45) is 0 Å². The van der Waals surface area contributed by atoms with Crippen LogP contribution in [0.3, 0.4) is 0 Å². The van der Waals surface area contributed by atoms with E-state index in [1.54, 1.807) is 30.0 Å². The molecular weight excluding hydrogens is 258 g/mol. The molecule has 1 aromatic carbocycles. The van der Waals surface area contributed by atoms with Gasteiger partial charge in [-0.15, -0.1) is 0 Å². The minimum Gasteiger partial charge on any atom is -0.304 e. The van der Waals surface area contributed by atoms with E-state index in [9.17, 15) is 9.59 Å². The molecule has 0 N–H and O–H groups in total. The van der Waals surface area contributed by atoms with Crippen LogP contribution >= 0.6 is 23.4 Å². The van der Waals surface area contributed by atoms with E-state index in [4.69, 9.17) is 11.6 Å². The van der Waals surface area contributed by atoms with Crippen molar-refractivity contribution >= 4 is 40.7 Å². The van der Waals surface area contributed by atoms with Crippen molar-refractivity contribution in [3.63, 3.8) is 0 Å². The highest BCUT2D eigenvalue weighted by Crippen LogP contribution is 2.31. The van der Waals surface area contributed by atoms with Crippen LogP contribution in [0.1, 0.15) is 17.3 Å². The Morgan fingerprint density at radius 1 is 1.35 bits per heavy atom. The largest absolute Gasteiger partial charge is 0.304 e. The van der Waals surface area contributed by atoms with Gasteiger partial charge in [0.1, 0.15) is 0 Å². The van der Waals surface area contributed by atoms with E-state index in [1.165, 1.54) is 4.90 Å². The Morgan fingerprint density at radius 3 is 2.82 bits per heavy atom. The molecular formula is C12H12ClNO2S. The van der Waals surface area contributed by atoms with Crippen molar-refractivity contribution in [3.05, 3.63) is 28.8 Å². The summed E-state index contributed by atoms with van der Waals surface area (Å²) in [4.78, 5) is 25.1. The second kappa shape index (κ2) is 5.10. The Hall–Kier alpha value is -1.00. The van der Waals surface area contributed by atoms with Gasteiger partial charge in [0, 0.05) is 17.3 Å². The second-order valence-corrected chi connectivity index (χ2v) is 5.47. The summed E-state index contributed by atoms with van der Waals surface area (Å²) >= 11 is 7.57. The zero-order valence-corrected chi connectivity index (χ0v) is 11.0. The number of hydrogen-bond acceptors (Lipinski definition) is 3. The predicted octanol–water partition coefficient (Wildman–Crippen LogP) is 2.62. The molecule has 0 spiro atoms. The van der Waals surface area contributed by atoms with Crippen molar-refractivity contribution in [2.45, 2.75) is 6.92 Å². The molecule has 1 heterocycles. The average molecular weight is 270 g/mol. The van der Waals surface area contributed by atoms with Gasteiger partial charge in [-0.2, -0.15) is 11.8 Å². The van der Waals surface area contributed by atoms with Crippen molar-refractivity contribution in [3.8, 4) is 0 Å². The number of hydrogen-bond donors (Lipinski definition) is 0. The molecule has 0 aromatic heterocycles. The number of ketones is 1. The van der Waals surface area contributed by atoms with Crippen LogP contribution in [0.25, 0.3) is 0 Å². The number of amides is 1. The molecule has 0 unspecified atom stereocenters. The Morgan fingerprint density at radius 2 is 2.12 bits per heavy atom. The van der Waals surface area contributed by atoms with Crippen molar-refractivity contribution in [1.29, 1.82) is 0 Å². The van der Waals surface area contributed by atoms with E-state index in [-0.39, 0.29) is 0 Å². The van der Waals surface area contributed by atoms with Gasteiger partial charge in [0.05, 0.1) is 11.3 Å². The molecule has 5 heteroatoms. The van der Waals surface area contributed by atoms with Crippen LogP contribution in [0.5, 0.6) is 0 Å². The Bertz CT molecular complexity index is 476.